The summed E-state index contributed by atoms with van der Waals surface area (Å²) in [6.07, 6.45) is 3.18. The van der Waals surface area contributed by atoms with Gasteiger partial charge in [-0.2, -0.15) is 0 Å². The molecule has 1 fully saturated rings. The highest BCUT2D eigenvalue weighted by Gasteiger charge is 2.26. The molecule has 0 aromatic rings. The van der Waals surface area contributed by atoms with Crippen LogP contribution in [0.15, 0.2) is 0 Å². The first-order valence-corrected chi connectivity index (χ1v) is 5.35. The number of carbonyl (C=O) groups excluding carboxylic acids is 2. The second kappa shape index (κ2) is 5.11. The van der Waals surface area contributed by atoms with Crippen LogP contribution < -0.4 is 16.8 Å². The summed E-state index contributed by atoms with van der Waals surface area (Å²) in [6, 6.07) is -0.605. The average Bonchev–Trinajstić information content (AvgIpc) is 2.50. The average molecular weight is 213 g/mol. The summed E-state index contributed by atoms with van der Waals surface area (Å²) < 4.78 is 0. The van der Waals surface area contributed by atoms with Gasteiger partial charge in [0.25, 0.3) is 0 Å². The van der Waals surface area contributed by atoms with E-state index in [0.29, 0.717) is 5.92 Å². The van der Waals surface area contributed by atoms with Gasteiger partial charge >= 0.3 is 0 Å². The number of primary amides is 1. The third-order valence-corrected chi connectivity index (χ3v) is 2.95. The molecular weight excluding hydrogens is 194 g/mol. The maximum Gasteiger partial charge on any atom is 0.237 e. The molecule has 86 valence electrons. The SMILES string of the molecule is CC1CCCC1NC(=O)C(N)CC(N)=O. The van der Waals surface area contributed by atoms with Gasteiger partial charge in [-0.15, -0.1) is 0 Å². The third-order valence-electron chi connectivity index (χ3n) is 2.95. The normalized spacial score (nSPS) is 27.3. The van der Waals surface area contributed by atoms with E-state index < -0.39 is 11.9 Å². The number of hydrogen-bond donors (Lipinski definition) is 3. The summed E-state index contributed by atoms with van der Waals surface area (Å²) in [5.41, 5.74) is 10.5. The van der Waals surface area contributed by atoms with Crippen LogP contribution in [0.2, 0.25) is 0 Å². The van der Waals surface area contributed by atoms with Crippen LogP contribution in [0.25, 0.3) is 0 Å². The van der Waals surface area contributed by atoms with E-state index in [9.17, 15) is 9.59 Å². The van der Waals surface area contributed by atoms with Gasteiger partial charge in [-0.3, -0.25) is 9.59 Å². The fourth-order valence-electron chi connectivity index (χ4n) is 1.96. The fourth-order valence-corrected chi connectivity index (χ4v) is 1.96. The Labute approximate surface area is 89.6 Å². The van der Waals surface area contributed by atoms with Crippen LogP contribution >= 0.6 is 0 Å². The van der Waals surface area contributed by atoms with Crippen molar-refractivity contribution in [2.75, 3.05) is 0 Å². The van der Waals surface area contributed by atoms with E-state index in [0.717, 1.165) is 19.3 Å². The van der Waals surface area contributed by atoms with Crippen LogP contribution in [0.3, 0.4) is 0 Å². The van der Waals surface area contributed by atoms with E-state index in [1.165, 1.54) is 0 Å². The lowest BCUT2D eigenvalue weighted by atomic mass is 10.1. The van der Waals surface area contributed by atoms with Gasteiger partial charge in [0.05, 0.1) is 12.5 Å². The zero-order valence-electron chi connectivity index (χ0n) is 9.03. The highest BCUT2D eigenvalue weighted by Crippen LogP contribution is 2.24. The molecule has 1 aliphatic carbocycles. The third kappa shape index (κ3) is 3.51. The van der Waals surface area contributed by atoms with Crippen LogP contribution in [0.4, 0.5) is 0 Å². The van der Waals surface area contributed by atoms with Gasteiger partial charge in [-0.1, -0.05) is 13.3 Å². The van der Waals surface area contributed by atoms with Crippen molar-refractivity contribution in [3.05, 3.63) is 0 Å². The van der Waals surface area contributed by atoms with Gasteiger partial charge in [-0.25, -0.2) is 0 Å². The molecule has 1 saturated carbocycles. The highest BCUT2D eigenvalue weighted by atomic mass is 16.2. The predicted octanol–water partition coefficient (Wildman–Crippen LogP) is -0.506. The van der Waals surface area contributed by atoms with Crippen molar-refractivity contribution in [2.45, 2.75) is 44.7 Å². The molecule has 15 heavy (non-hydrogen) atoms. The van der Waals surface area contributed by atoms with Crippen LogP contribution in [0.5, 0.6) is 0 Å². The lowest BCUT2D eigenvalue weighted by Gasteiger charge is -2.19. The Morgan fingerprint density at radius 2 is 2.13 bits per heavy atom. The summed E-state index contributed by atoms with van der Waals surface area (Å²) in [7, 11) is 0. The zero-order chi connectivity index (χ0) is 11.4. The maximum absolute atomic E-state index is 11.5. The van der Waals surface area contributed by atoms with E-state index in [2.05, 4.69) is 12.2 Å². The Morgan fingerprint density at radius 3 is 2.60 bits per heavy atom. The van der Waals surface area contributed by atoms with E-state index >= 15 is 0 Å². The van der Waals surface area contributed by atoms with Crippen molar-refractivity contribution in [1.29, 1.82) is 0 Å². The molecule has 0 aromatic heterocycles. The Bertz CT molecular complexity index is 255. The molecule has 3 atom stereocenters. The molecule has 1 aliphatic rings. The summed E-state index contributed by atoms with van der Waals surface area (Å²) in [4.78, 5) is 22.1. The molecule has 2 amide bonds. The molecular formula is C10H19N3O2. The molecule has 0 aliphatic heterocycles. The van der Waals surface area contributed by atoms with Crippen molar-refractivity contribution >= 4 is 11.8 Å². The Balaban J connectivity index is 2.37. The van der Waals surface area contributed by atoms with Gasteiger partial charge in [0, 0.05) is 6.04 Å². The van der Waals surface area contributed by atoms with Crippen LogP contribution in [-0.2, 0) is 9.59 Å². The second-order valence-corrected chi connectivity index (χ2v) is 4.30. The molecule has 5 heteroatoms. The first-order valence-electron chi connectivity index (χ1n) is 5.35. The minimum absolute atomic E-state index is 0.0903. The van der Waals surface area contributed by atoms with Crippen LogP contribution in [0.1, 0.15) is 32.6 Å². The maximum atomic E-state index is 11.5. The molecule has 0 saturated heterocycles. The van der Waals surface area contributed by atoms with Crippen LogP contribution in [-0.4, -0.2) is 23.9 Å². The highest BCUT2D eigenvalue weighted by molar-refractivity contribution is 5.87. The monoisotopic (exact) mass is 213 g/mol. The minimum Gasteiger partial charge on any atom is -0.370 e. The van der Waals surface area contributed by atoms with Crippen molar-refractivity contribution in [2.24, 2.45) is 17.4 Å². The molecule has 0 radical (unpaired) electrons. The number of nitrogens with two attached hydrogens (primary N) is 2. The van der Waals surface area contributed by atoms with E-state index in [1.807, 2.05) is 0 Å². The topological polar surface area (TPSA) is 98.2 Å². The molecule has 3 unspecified atom stereocenters. The molecule has 0 aromatic carbocycles. The Hall–Kier alpha value is -1.10. The van der Waals surface area contributed by atoms with Crippen molar-refractivity contribution in [3.8, 4) is 0 Å². The molecule has 1 rings (SSSR count). The van der Waals surface area contributed by atoms with E-state index in [4.69, 9.17) is 11.5 Å². The van der Waals surface area contributed by atoms with Crippen LogP contribution in [0, 0.1) is 5.92 Å². The fraction of sp³-hybridized carbons (Fsp3) is 0.800. The summed E-state index contributed by atoms with van der Waals surface area (Å²) in [5, 5.41) is 2.86. The van der Waals surface area contributed by atoms with Gasteiger partial charge in [0.15, 0.2) is 0 Å². The van der Waals surface area contributed by atoms with Crippen molar-refractivity contribution in [1.82, 2.24) is 5.32 Å². The lowest BCUT2D eigenvalue weighted by Crippen LogP contribution is -2.47. The largest absolute Gasteiger partial charge is 0.370 e. The van der Waals surface area contributed by atoms with Crippen molar-refractivity contribution in [3.63, 3.8) is 0 Å². The Morgan fingerprint density at radius 1 is 1.47 bits per heavy atom. The molecule has 0 spiro atoms. The predicted molar refractivity (Wildman–Crippen MR) is 56.7 cm³/mol. The number of nitrogens with one attached hydrogen (secondary N) is 1. The number of carbonyl (C=O) groups is 2. The molecule has 5 N–H and O–H groups in total. The summed E-state index contributed by atoms with van der Waals surface area (Å²) in [6.45, 7) is 2.11. The number of rotatable bonds is 4. The van der Waals surface area contributed by atoms with E-state index in [1.54, 1.807) is 0 Å². The molecule has 0 bridgehead atoms. The van der Waals surface area contributed by atoms with Crippen molar-refractivity contribution < 1.29 is 9.59 Å². The zero-order valence-corrected chi connectivity index (χ0v) is 9.03. The first-order chi connectivity index (χ1) is 7.00. The Kier molecular flexibility index (Phi) is 4.08. The smallest absolute Gasteiger partial charge is 0.237 e. The molecule has 0 heterocycles. The summed E-state index contributed by atoms with van der Waals surface area (Å²) >= 11 is 0. The van der Waals surface area contributed by atoms with Gasteiger partial charge in [0.1, 0.15) is 0 Å². The first kappa shape index (κ1) is 12.0. The summed E-state index contributed by atoms with van der Waals surface area (Å²) in [5.74, 6) is -0.320. The van der Waals surface area contributed by atoms with Gasteiger partial charge < -0.3 is 16.8 Å². The van der Waals surface area contributed by atoms with Gasteiger partial charge in [0.2, 0.25) is 11.8 Å². The van der Waals surface area contributed by atoms with E-state index in [-0.39, 0.29) is 18.4 Å². The standard InChI is InChI=1S/C10H19N3O2/c1-6-3-2-4-8(6)13-10(15)7(11)5-9(12)14/h6-8H,2-5,11H2,1H3,(H2,12,14)(H,13,15). The number of hydrogen-bond acceptors (Lipinski definition) is 3. The lowest BCUT2D eigenvalue weighted by molar-refractivity contribution is -0.127. The van der Waals surface area contributed by atoms with Gasteiger partial charge in [-0.05, 0) is 18.8 Å². The molecule has 5 nitrogen and oxygen atoms in total. The quantitative estimate of drug-likeness (QED) is 0.586. The second-order valence-electron chi connectivity index (χ2n) is 4.30. The number of amides is 2. The minimum atomic E-state index is -0.810.